The van der Waals surface area contributed by atoms with Gasteiger partial charge in [-0.3, -0.25) is 24.5 Å². The van der Waals surface area contributed by atoms with Crippen LogP contribution in [0.2, 0.25) is 0 Å². The molecule has 3 aromatic rings. The number of ether oxygens (including phenoxy) is 1. The van der Waals surface area contributed by atoms with Crippen LogP contribution in [0.1, 0.15) is 47.4 Å². The Bertz CT molecular complexity index is 1340. The van der Waals surface area contributed by atoms with Crippen LogP contribution in [0, 0.1) is 23.7 Å². The van der Waals surface area contributed by atoms with E-state index in [9.17, 15) is 14.7 Å². The summed E-state index contributed by atoms with van der Waals surface area (Å²) in [5.74, 6) is -0.643. The number of methoxy groups -OCH3 is 1. The Hall–Kier alpha value is -3.93. The van der Waals surface area contributed by atoms with Gasteiger partial charge in [0.15, 0.2) is 6.23 Å². The van der Waals surface area contributed by atoms with Gasteiger partial charge in [0.25, 0.3) is 0 Å². The van der Waals surface area contributed by atoms with E-state index in [1.54, 1.807) is 36.5 Å². The number of aliphatic hydroxyl groups is 1. The molecule has 182 valence electrons. The highest BCUT2D eigenvalue weighted by Gasteiger charge is 2.54. The van der Waals surface area contributed by atoms with Crippen molar-refractivity contribution in [3.63, 3.8) is 0 Å². The normalized spacial score (nSPS) is 18.5. The molecule has 5 rings (SSSR count). The number of carbonyl (C=O) groups excluding carboxylic acids is 2. The second-order valence-electron chi connectivity index (χ2n) is 9.71. The van der Waals surface area contributed by atoms with Gasteiger partial charge in [-0.15, -0.1) is 0 Å². The Morgan fingerprint density at radius 3 is 2.47 bits per heavy atom. The van der Waals surface area contributed by atoms with Crippen LogP contribution < -0.4 is 4.74 Å². The molecule has 1 aliphatic heterocycles. The highest BCUT2D eigenvalue weighted by atomic mass is 16.5. The lowest BCUT2D eigenvalue weighted by Gasteiger charge is -2.53. The summed E-state index contributed by atoms with van der Waals surface area (Å²) >= 11 is 0. The molecule has 1 unspecified atom stereocenters. The minimum atomic E-state index is -0.872. The van der Waals surface area contributed by atoms with Crippen LogP contribution in [0.25, 0.3) is 11.3 Å². The van der Waals surface area contributed by atoms with Gasteiger partial charge in [0.1, 0.15) is 29.3 Å². The Morgan fingerprint density at radius 2 is 1.89 bits per heavy atom. The standard InChI is InChI=1S/C28H26N4O4/c1-17-9-19(20-7-6-18(13-29)14-31-20)10-24(36-2)25(17)26-22(33)11-28(12-23(26)34)15-32(16-28)27(35)21-5-3-4-8-30-21/h3-10,14,26-27,35H,11-12,15-16H2,1-2H3. The zero-order chi connectivity index (χ0) is 25.4. The minimum Gasteiger partial charge on any atom is -0.496 e. The van der Waals surface area contributed by atoms with Gasteiger partial charge in [0, 0.05) is 54.9 Å². The number of pyridine rings is 2. The molecule has 1 spiro atoms. The molecule has 8 heteroatoms. The van der Waals surface area contributed by atoms with Crippen LogP contribution in [-0.2, 0) is 9.59 Å². The van der Waals surface area contributed by atoms with Gasteiger partial charge in [0.2, 0.25) is 0 Å². The van der Waals surface area contributed by atoms with Gasteiger partial charge in [0.05, 0.1) is 24.1 Å². The molecule has 2 aromatic heterocycles. The van der Waals surface area contributed by atoms with Crippen molar-refractivity contribution in [3.8, 4) is 23.1 Å². The average Bonchev–Trinajstić information content (AvgIpc) is 2.87. The number of hydrogen-bond acceptors (Lipinski definition) is 8. The van der Waals surface area contributed by atoms with E-state index >= 15 is 0 Å². The lowest BCUT2D eigenvalue weighted by atomic mass is 9.63. The van der Waals surface area contributed by atoms with Crippen molar-refractivity contribution in [2.75, 3.05) is 20.2 Å². The topological polar surface area (TPSA) is 116 Å². The monoisotopic (exact) mass is 482 g/mol. The largest absolute Gasteiger partial charge is 0.496 e. The van der Waals surface area contributed by atoms with E-state index in [2.05, 4.69) is 16.0 Å². The van der Waals surface area contributed by atoms with Crippen molar-refractivity contribution in [2.45, 2.75) is 31.9 Å². The van der Waals surface area contributed by atoms with Crippen molar-refractivity contribution < 1.29 is 19.4 Å². The predicted molar refractivity (Wildman–Crippen MR) is 131 cm³/mol. The molecule has 1 aliphatic carbocycles. The number of Topliss-reactive ketones (excluding diaryl/α,β-unsaturated/α-hetero) is 2. The van der Waals surface area contributed by atoms with E-state index in [1.165, 1.54) is 13.3 Å². The van der Waals surface area contributed by atoms with E-state index in [1.807, 2.05) is 24.0 Å². The molecule has 2 fully saturated rings. The molecule has 1 aromatic carbocycles. The lowest BCUT2D eigenvalue weighted by Crippen LogP contribution is -2.61. The SMILES string of the molecule is COc1cc(-c2ccc(C#N)cn2)cc(C)c1C1C(=O)CC2(CC1=O)CN(C(O)c1ccccn1)C2. The second kappa shape index (κ2) is 9.26. The van der Waals surface area contributed by atoms with E-state index in [4.69, 9.17) is 10.00 Å². The van der Waals surface area contributed by atoms with Crippen LogP contribution in [0.4, 0.5) is 0 Å². The summed E-state index contributed by atoms with van der Waals surface area (Å²) in [6, 6.07) is 14.6. The Balaban J connectivity index is 1.36. The number of benzene rings is 1. The van der Waals surface area contributed by atoms with Gasteiger partial charge in [-0.05, 0) is 48.9 Å². The molecular weight excluding hydrogens is 456 g/mol. The Labute approximate surface area is 209 Å². The first-order valence-corrected chi connectivity index (χ1v) is 11.8. The number of likely N-dealkylation sites (tertiary alicyclic amines) is 1. The fraction of sp³-hybridized carbons (Fsp3) is 0.321. The van der Waals surface area contributed by atoms with E-state index in [-0.39, 0.29) is 24.4 Å². The van der Waals surface area contributed by atoms with Gasteiger partial charge in [-0.25, -0.2) is 0 Å². The fourth-order valence-electron chi connectivity index (χ4n) is 5.52. The highest BCUT2D eigenvalue weighted by Crippen LogP contribution is 2.49. The van der Waals surface area contributed by atoms with Crippen molar-refractivity contribution in [3.05, 3.63) is 77.2 Å². The number of rotatable bonds is 5. The summed E-state index contributed by atoms with van der Waals surface area (Å²) in [4.78, 5) is 37.2. The molecule has 0 radical (unpaired) electrons. The van der Waals surface area contributed by atoms with E-state index in [0.717, 1.165) is 11.1 Å². The van der Waals surface area contributed by atoms with Crippen molar-refractivity contribution >= 4 is 11.6 Å². The van der Waals surface area contributed by atoms with Gasteiger partial charge in [-0.1, -0.05) is 6.07 Å². The van der Waals surface area contributed by atoms with Gasteiger partial charge in [-0.2, -0.15) is 5.26 Å². The zero-order valence-electron chi connectivity index (χ0n) is 20.1. The minimum absolute atomic E-state index is 0.121. The van der Waals surface area contributed by atoms with Crippen LogP contribution in [-0.4, -0.2) is 51.7 Å². The quantitative estimate of drug-likeness (QED) is 0.551. The molecule has 1 N–H and O–H groups in total. The number of ketones is 2. The van der Waals surface area contributed by atoms with E-state index < -0.39 is 17.6 Å². The molecule has 0 bridgehead atoms. The molecule has 2 aliphatic rings. The number of carbonyl (C=O) groups is 2. The summed E-state index contributed by atoms with van der Waals surface area (Å²) in [7, 11) is 1.52. The van der Waals surface area contributed by atoms with Crippen molar-refractivity contribution in [1.29, 1.82) is 5.26 Å². The number of aromatic nitrogens is 2. The molecular formula is C28H26N4O4. The number of aryl methyl sites for hydroxylation is 1. The lowest BCUT2D eigenvalue weighted by molar-refractivity contribution is -0.156. The maximum absolute atomic E-state index is 13.4. The molecule has 36 heavy (non-hydrogen) atoms. The van der Waals surface area contributed by atoms with Crippen LogP contribution in [0.15, 0.2) is 54.9 Å². The van der Waals surface area contributed by atoms with Crippen molar-refractivity contribution in [1.82, 2.24) is 14.9 Å². The summed E-state index contributed by atoms with van der Waals surface area (Å²) in [6.07, 6.45) is 2.83. The summed E-state index contributed by atoms with van der Waals surface area (Å²) < 4.78 is 5.64. The molecule has 3 heterocycles. The Morgan fingerprint density at radius 1 is 1.14 bits per heavy atom. The number of nitriles is 1. The summed E-state index contributed by atoms with van der Waals surface area (Å²) in [6.45, 7) is 2.80. The summed E-state index contributed by atoms with van der Waals surface area (Å²) in [5, 5.41) is 19.6. The third kappa shape index (κ3) is 4.17. The maximum Gasteiger partial charge on any atom is 0.150 e. The van der Waals surface area contributed by atoms with Gasteiger partial charge < -0.3 is 9.84 Å². The van der Waals surface area contributed by atoms with Crippen LogP contribution in [0.5, 0.6) is 5.75 Å². The highest BCUT2D eigenvalue weighted by molar-refractivity contribution is 6.11. The fourth-order valence-corrected chi connectivity index (χ4v) is 5.52. The smallest absolute Gasteiger partial charge is 0.150 e. The molecule has 1 atom stereocenters. The molecule has 0 amide bonds. The number of aliphatic hydroxyl groups excluding tert-OH is 1. The molecule has 8 nitrogen and oxygen atoms in total. The molecule has 1 saturated heterocycles. The zero-order valence-corrected chi connectivity index (χ0v) is 20.1. The maximum atomic E-state index is 13.4. The van der Waals surface area contributed by atoms with Crippen molar-refractivity contribution in [2.24, 2.45) is 5.41 Å². The van der Waals surface area contributed by atoms with E-state index in [0.29, 0.717) is 41.4 Å². The summed E-state index contributed by atoms with van der Waals surface area (Å²) in [5.41, 5.74) is 3.40. The Kier molecular flexibility index (Phi) is 6.12. The third-order valence-corrected chi connectivity index (χ3v) is 7.16. The second-order valence-corrected chi connectivity index (χ2v) is 9.71. The molecule has 1 saturated carbocycles. The predicted octanol–water partition coefficient (Wildman–Crippen LogP) is 3.34. The van der Waals surface area contributed by atoms with Crippen LogP contribution >= 0.6 is 0 Å². The first-order valence-electron chi connectivity index (χ1n) is 11.8. The van der Waals surface area contributed by atoms with Gasteiger partial charge >= 0.3 is 0 Å². The third-order valence-electron chi connectivity index (χ3n) is 7.16. The number of nitrogens with zero attached hydrogens (tertiary/aromatic N) is 4. The van der Waals surface area contributed by atoms with Crippen LogP contribution in [0.3, 0.4) is 0 Å². The first-order chi connectivity index (χ1) is 17.3. The first kappa shape index (κ1) is 23.8. The average molecular weight is 483 g/mol. The number of hydrogen-bond donors (Lipinski definition) is 1.